The molecule has 0 radical (unpaired) electrons. The Kier molecular flexibility index (Phi) is 6.54. The third kappa shape index (κ3) is 4.94. The summed E-state index contributed by atoms with van der Waals surface area (Å²) in [5.41, 5.74) is 1.42. The van der Waals surface area contributed by atoms with E-state index < -0.39 is 0 Å². The number of carbonyl (C=O) groups excluding carboxylic acids is 1. The Bertz CT molecular complexity index is 397. The van der Waals surface area contributed by atoms with Crippen molar-refractivity contribution in [1.29, 1.82) is 0 Å². The molecule has 0 saturated carbocycles. The third-order valence-electron chi connectivity index (χ3n) is 2.51. The topological polar surface area (TPSA) is 61.4 Å². The van der Waals surface area contributed by atoms with Gasteiger partial charge in [0, 0.05) is 6.54 Å². The number of hydrogen-bond acceptors (Lipinski definition) is 3. The zero-order chi connectivity index (χ0) is 13.4. The lowest BCUT2D eigenvalue weighted by molar-refractivity contribution is -0.119. The molecule has 0 heterocycles. The van der Waals surface area contributed by atoms with Crippen molar-refractivity contribution in [2.24, 2.45) is 0 Å². The van der Waals surface area contributed by atoms with Gasteiger partial charge in [0.1, 0.15) is 0 Å². The van der Waals surface area contributed by atoms with Crippen molar-refractivity contribution in [3.63, 3.8) is 0 Å². The first-order valence-electron chi connectivity index (χ1n) is 6.07. The van der Waals surface area contributed by atoms with Crippen LogP contribution in [-0.4, -0.2) is 24.1 Å². The Morgan fingerprint density at radius 1 is 1.44 bits per heavy atom. The molecule has 0 fully saturated rings. The Labute approximate surface area is 112 Å². The summed E-state index contributed by atoms with van der Waals surface area (Å²) in [7, 11) is 0. The molecule has 1 amide bonds. The largest absolute Gasteiger partial charge is 0.392 e. The first-order valence-corrected chi connectivity index (χ1v) is 6.45. The number of aliphatic hydroxyl groups is 1. The highest BCUT2D eigenvalue weighted by molar-refractivity contribution is 6.33. The van der Waals surface area contributed by atoms with Crippen LogP contribution < -0.4 is 10.6 Å². The lowest BCUT2D eigenvalue weighted by Gasteiger charge is -2.10. The number of carbonyl (C=O) groups is 1. The molecule has 0 aliphatic carbocycles. The van der Waals surface area contributed by atoms with Crippen molar-refractivity contribution in [2.75, 3.05) is 18.4 Å². The molecule has 3 N–H and O–H groups in total. The molecule has 0 atom stereocenters. The number of aliphatic hydroxyl groups excluding tert-OH is 1. The van der Waals surface area contributed by atoms with E-state index in [-0.39, 0.29) is 19.1 Å². The van der Waals surface area contributed by atoms with Crippen LogP contribution in [0.1, 0.15) is 25.3 Å². The van der Waals surface area contributed by atoms with Crippen molar-refractivity contribution in [3.05, 3.63) is 28.8 Å². The second-order valence-corrected chi connectivity index (χ2v) is 4.44. The van der Waals surface area contributed by atoms with Gasteiger partial charge in [-0.1, -0.05) is 31.0 Å². The van der Waals surface area contributed by atoms with Gasteiger partial charge in [-0.2, -0.15) is 0 Å². The van der Waals surface area contributed by atoms with E-state index in [1.54, 1.807) is 18.2 Å². The number of rotatable bonds is 7. The van der Waals surface area contributed by atoms with Crippen LogP contribution in [0.4, 0.5) is 5.69 Å². The molecule has 1 aromatic rings. The molecule has 18 heavy (non-hydrogen) atoms. The Balaban J connectivity index is 2.45. The van der Waals surface area contributed by atoms with E-state index in [0.29, 0.717) is 17.3 Å². The van der Waals surface area contributed by atoms with Crippen molar-refractivity contribution in [1.82, 2.24) is 5.32 Å². The van der Waals surface area contributed by atoms with Crippen LogP contribution in [-0.2, 0) is 11.4 Å². The molecular formula is C13H19ClN2O2. The van der Waals surface area contributed by atoms with Crippen LogP contribution in [0.25, 0.3) is 0 Å². The van der Waals surface area contributed by atoms with Crippen LogP contribution in [0.15, 0.2) is 18.2 Å². The van der Waals surface area contributed by atoms with Gasteiger partial charge in [-0.15, -0.1) is 0 Å². The highest BCUT2D eigenvalue weighted by Crippen LogP contribution is 2.22. The van der Waals surface area contributed by atoms with Crippen LogP contribution in [0.5, 0.6) is 0 Å². The second-order valence-electron chi connectivity index (χ2n) is 4.03. The molecular weight excluding hydrogens is 252 g/mol. The van der Waals surface area contributed by atoms with Gasteiger partial charge in [-0.25, -0.2) is 0 Å². The average molecular weight is 271 g/mol. The first-order chi connectivity index (χ1) is 8.67. The molecule has 0 saturated heterocycles. The number of hydrogen-bond donors (Lipinski definition) is 3. The van der Waals surface area contributed by atoms with Gasteiger partial charge in [-0.05, 0) is 24.1 Å². The van der Waals surface area contributed by atoms with Crippen molar-refractivity contribution in [2.45, 2.75) is 26.4 Å². The first kappa shape index (κ1) is 14.8. The van der Waals surface area contributed by atoms with Gasteiger partial charge in [0.25, 0.3) is 0 Å². The maximum atomic E-state index is 11.5. The molecule has 0 spiro atoms. The van der Waals surface area contributed by atoms with E-state index in [2.05, 4.69) is 17.6 Å². The summed E-state index contributed by atoms with van der Waals surface area (Å²) < 4.78 is 0. The van der Waals surface area contributed by atoms with Gasteiger partial charge in [0.05, 0.1) is 23.9 Å². The predicted molar refractivity (Wildman–Crippen MR) is 73.8 cm³/mol. The second kappa shape index (κ2) is 7.95. The number of amides is 1. The molecule has 100 valence electrons. The number of unbranched alkanes of at least 4 members (excludes halogenated alkanes) is 1. The summed E-state index contributed by atoms with van der Waals surface area (Å²) in [6, 6.07) is 5.18. The molecule has 0 aliphatic heterocycles. The number of halogens is 1. The van der Waals surface area contributed by atoms with Crippen LogP contribution in [0.2, 0.25) is 5.02 Å². The van der Waals surface area contributed by atoms with Crippen molar-refractivity contribution >= 4 is 23.2 Å². The SMILES string of the molecule is CCCCNC(=O)CNc1cc(CO)ccc1Cl. The molecule has 0 aliphatic rings. The Morgan fingerprint density at radius 3 is 2.89 bits per heavy atom. The summed E-state index contributed by atoms with van der Waals surface area (Å²) in [5, 5.41) is 15.3. The fraction of sp³-hybridized carbons (Fsp3) is 0.462. The molecule has 4 nitrogen and oxygen atoms in total. The number of nitrogens with one attached hydrogen (secondary N) is 2. The highest BCUT2D eigenvalue weighted by Gasteiger charge is 2.04. The summed E-state index contributed by atoms with van der Waals surface area (Å²) in [6.07, 6.45) is 2.03. The third-order valence-corrected chi connectivity index (χ3v) is 2.83. The van der Waals surface area contributed by atoms with Gasteiger partial charge in [-0.3, -0.25) is 4.79 Å². The summed E-state index contributed by atoms with van der Waals surface area (Å²) in [4.78, 5) is 11.5. The van der Waals surface area contributed by atoms with Gasteiger partial charge >= 0.3 is 0 Å². The van der Waals surface area contributed by atoms with Gasteiger partial charge < -0.3 is 15.7 Å². The monoisotopic (exact) mass is 270 g/mol. The zero-order valence-corrected chi connectivity index (χ0v) is 11.3. The number of anilines is 1. The fourth-order valence-corrected chi connectivity index (χ4v) is 1.63. The standard InChI is InChI=1S/C13H19ClN2O2/c1-2-3-6-15-13(18)8-16-12-7-10(9-17)4-5-11(12)14/h4-5,7,16-17H,2-3,6,8-9H2,1H3,(H,15,18). The summed E-state index contributed by atoms with van der Waals surface area (Å²) >= 11 is 5.99. The normalized spacial score (nSPS) is 10.2. The summed E-state index contributed by atoms with van der Waals surface area (Å²) in [6.45, 7) is 2.90. The van der Waals surface area contributed by atoms with Crippen molar-refractivity contribution in [3.8, 4) is 0 Å². The lowest BCUT2D eigenvalue weighted by Crippen LogP contribution is -2.30. The van der Waals surface area contributed by atoms with Crippen LogP contribution in [0, 0.1) is 0 Å². The van der Waals surface area contributed by atoms with E-state index in [0.717, 1.165) is 18.4 Å². The Morgan fingerprint density at radius 2 is 2.22 bits per heavy atom. The molecule has 0 unspecified atom stereocenters. The number of benzene rings is 1. The minimum atomic E-state index is -0.0612. The molecule has 1 rings (SSSR count). The molecule has 1 aromatic carbocycles. The minimum absolute atomic E-state index is 0.0471. The minimum Gasteiger partial charge on any atom is -0.392 e. The van der Waals surface area contributed by atoms with E-state index in [1.807, 2.05) is 0 Å². The van der Waals surface area contributed by atoms with Gasteiger partial charge in [0.15, 0.2) is 0 Å². The predicted octanol–water partition coefficient (Wildman–Crippen LogP) is 2.16. The smallest absolute Gasteiger partial charge is 0.239 e. The van der Waals surface area contributed by atoms with E-state index >= 15 is 0 Å². The highest BCUT2D eigenvalue weighted by atomic mass is 35.5. The zero-order valence-electron chi connectivity index (χ0n) is 10.5. The lowest BCUT2D eigenvalue weighted by atomic mass is 10.2. The van der Waals surface area contributed by atoms with Crippen LogP contribution in [0.3, 0.4) is 0 Å². The maximum Gasteiger partial charge on any atom is 0.239 e. The molecule has 0 bridgehead atoms. The van der Waals surface area contributed by atoms with E-state index in [1.165, 1.54) is 0 Å². The van der Waals surface area contributed by atoms with Crippen LogP contribution >= 0.6 is 11.6 Å². The Hall–Kier alpha value is -1.26. The van der Waals surface area contributed by atoms with Crippen molar-refractivity contribution < 1.29 is 9.90 Å². The van der Waals surface area contributed by atoms with Gasteiger partial charge in [0.2, 0.25) is 5.91 Å². The quantitative estimate of drug-likeness (QED) is 0.666. The molecule has 5 heteroatoms. The fourth-order valence-electron chi connectivity index (χ4n) is 1.45. The van der Waals surface area contributed by atoms with E-state index in [4.69, 9.17) is 16.7 Å². The molecule has 0 aromatic heterocycles. The summed E-state index contributed by atoms with van der Waals surface area (Å²) in [5.74, 6) is -0.0612. The average Bonchev–Trinajstić information content (AvgIpc) is 2.38. The maximum absolute atomic E-state index is 11.5. The van der Waals surface area contributed by atoms with E-state index in [9.17, 15) is 4.79 Å².